The first-order valence-electron chi connectivity index (χ1n) is 8.65. The molecule has 0 spiro atoms. The zero-order valence-corrected chi connectivity index (χ0v) is 16.5. The van der Waals surface area contributed by atoms with Crippen molar-refractivity contribution in [2.24, 2.45) is 5.73 Å². The monoisotopic (exact) mass is 384 g/mol. The van der Waals surface area contributed by atoms with Gasteiger partial charge in [-0.3, -0.25) is 4.98 Å². The fourth-order valence-electron chi connectivity index (χ4n) is 2.68. The summed E-state index contributed by atoms with van der Waals surface area (Å²) < 4.78 is 5.79. The fourth-order valence-corrected chi connectivity index (χ4v) is 2.68. The lowest BCUT2D eigenvalue weighted by atomic mass is 9.93. The van der Waals surface area contributed by atoms with Gasteiger partial charge in [0.1, 0.15) is 5.75 Å². The smallest absolute Gasteiger partial charge is 0.119 e. The number of halogens is 2. The number of pyridine rings is 1. The van der Waals surface area contributed by atoms with Crippen LogP contribution in [0.1, 0.15) is 49.7 Å². The van der Waals surface area contributed by atoms with Crippen LogP contribution in [-0.2, 0) is 6.42 Å². The van der Waals surface area contributed by atoms with E-state index in [1.165, 1.54) is 30.4 Å². The molecule has 0 amide bonds. The zero-order chi connectivity index (χ0) is 16.3. The van der Waals surface area contributed by atoms with Crippen LogP contribution in [0.5, 0.6) is 5.75 Å². The first-order chi connectivity index (χ1) is 11.3. The number of unbranched alkanes of at least 4 members (excludes halogenated alkanes) is 3. The van der Waals surface area contributed by atoms with Crippen LogP contribution >= 0.6 is 24.8 Å². The van der Waals surface area contributed by atoms with Gasteiger partial charge in [-0.15, -0.1) is 24.8 Å². The molecular formula is C20H30Cl2N2O. The van der Waals surface area contributed by atoms with Crippen molar-refractivity contribution in [1.29, 1.82) is 0 Å². The lowest BCUT2D eigenvalue weighted by Gasteiger charge is -2.15. The van der Waals surface area contributed by atoms with E-state index in [0.717, 1.165) is 25.2 Å². The van der Waals surface area contributed by atoms with Crippen molar-refractivity contribution in [3.8, 4) is 5.75 Å². The zero-order valence-electron chi connectivity index (χ0n) is 14.9. The molecule has 0 aliphatic heterocycles. The van der Waals surface area contributed by atoms with Gasteiger partial charge in [0, 0.05) is 18.3 Å². The Morgan fingerprint density at radius 1 is 1.04 bits per heavy atom. The Labute approximate surface area is 164 Å². The number of aromatic nitrogens is 1. The summed E-state index contributed by atoms with van der Waals surface area (Å²) in [7, 11) is 0. The number of nitrogens with zero attached hydrogens (tertiary/aromatic N) is 1. The van der Waals surface area contributed by atoms with Crippen molar-refractivity contribution < 1.29 is 4.74 Å². The number of benzene rings is 1. The van der Waals surface area contributed by atoms with Gasteiger partial charge in [0.15, 0.2) is 0 Å². The molecule has 2 rings (SSSR count). The van der Waals surface area contributed by atoms with E-state index in [2.05, 4.69) is 42.2 Å². The van der Waals surface area contributed by atoms with Crippen molar-refractivity contribution in [3.63, 3.8) is 0 Å². The maximum atomic E-state index is 5.94. The molecular weight excluding hydrogens is 355 g/mol. The Kier molecular flexibility index (Phi) is 13.2. The molecule has 1 aromatic heterocycles. The van der Waals surface area contributed by atoms with Gasteiger partial charge in [-0.05, 0) is 48.7 Å². The second-order valence-electron chi connectivity index (χ2n) is 5.98. The quantitative estimate of drug-likeness (QED) is 0.574. The molecule has 25 heavy (non-hydrogen) atoms. The SMILES string of the molecule is CCCCCCOc1ccc(CC(CN)c2cccnc2)cc1.Cl.Cl. The molecule has 0 radical (unpaired) electrons. The average molecular weight is 385 g/mol. The summed E-state index contributed by atoms with van der Waals surface area (Å²) in [4.78, 5) is 4.19. The van der Waals surface area contributed by atoms with Gasteiger partial charge in [-0.25, -0.2) is 0 Å². The number of nitrogens with two attached hydrogens (primary N) is 1. The molecule has 0 saturated carbocycles. The maximum Gasteiger partial charge on any atom is 0.119 e. The van der Waals surface area contributed by atoms with Crippen molar-refractivity contribution >= 4 is 24.8 Å². The fraction of sp³-hybridized carbons (Fsp3) is 0.450. The van der Waals surface area contributed by atoms with Crippen LogP contribution in [0.15, 0.2) is 48.8 Å². The predicted octanol–water partition coefficient (Wildman–Crippen LogP) is 5.17. The van der Waals surface area contributed by atoms with Crippen LogP contribution in [0.2, 0.25) is 0 Å². The summed E-state index contributed by atoms with van der Waals surface area (Å²) in [5, 5.41) is 0. The number of hydrogen-bond donors (Lipinski definition) is 1. The standard InChI is InChI=1S/C20H28N2O.2ClH/c1-2-3-4-5-13-23-20-10-8-17(9-11-20)14-19(15-21)18-7-6-12-22-16-18;;/h6-12,16,19H,2-5,13-15,21H2,1H3;2*1H. The van der Waals surface area contributed by atoms with Gasteiger partial charge in [-0.2, -0.15) is 0 Å². The Morgan fingerprint density at radius 3 is 2.40 bits per heavy atom. The highest BCUT2D eigenvalue weighted by Gasteiger charge is 2.10. The third-order valence-electron chi connectivity index (χ3n) is 4.11. The molecule has 0 saturated heterocycles. The van der Waals surface area contributed by atoms with Crippen LogP contribution in [0.25, 0.3) is 0 Å². The number of ether oxygens (including phenoxy) is 1. The van der Waals surface area contributed by atoms with Crippen LogP contribution in [0.4, 0.5) is 0 Å². The van der Waals surface area contributed by atoms with Crippen molar-refractivity contribution in [2.75, 3.05) is 13.2 Å². The number of rotatable bonds is 10. The minimum atomic E-state index is 0. The molecule has 0 aliphatic rings. The first-order valence-corrected chi connectivity index (χ1v) is 8.65. The minimum Gasteiger partial charge on any atom is -0.494 e. The maximum absolute atomic E-state index is 5.94. The second kappa shape index (κ2) is 13.9. The summed E-state index contributed by atoms with van der Waals surface area (Å²) in [5.74, 6) is 1.26. The molecule has 1 aromatic carbocycles. The molecule has 1 heterocycles. The van der Waals surface area contributed by atoms with E-state index in [-0.39, 0.29) is 24.8 Å². The largest absolute Gasteiger partial charge is 0.494 e. The molecule has 1 unspecified atom stereocenters. The lowest BCUT2D eigenvalue weighted by molar-refractivity contribution is 0.305. The van der Waals surface area contributed by atoms with Gasteiger partial charge in [-0.1, -0.05) is 44.4 Å². The molecule has 1 atom stereocenters. The van der Waals surface area contributed by atoms with Gasteiger partial charge in [0.05, 0.1) is 6.61 Å². The molecule has 2 N–H and O–H groups in total. The van der Waals surface area contributed by atoms with Gasteiger partial charge >= 0.3 is 0 Å². The third kappa shape index (κ3) is 8.57. The average Bonchev–Trinajstić information content (AvgIpc) is 2.61. The van der Waals surface area contributed by atoms with Crippen molar-refractivity contribution in [1.82, 2.24) is 4.98 Å². The number of hydrogen-bond acceptors (Lipinski definition) is 3. The van der Waals surface area contributed by atoms with E-state index >= 15 is 0 Å². The normalized spacial score (nSPS) is 11.1. The molecule has 0 fully saturated rings. The molecule has 3 nitrogen and oxygen atoms in total. The Morgan fingerprint density at radius 2 is 1.80 bits per heavy atom. The molecule has 2 aromatic rings. The Bertz CT molecular complexity index is 549. The summed E-state index contributed by atoms with van der Waals surface area (Å²) in [5.41, 5.74) is 8.42. The molecule has 0 bridgehead atoms. The summed E-state index contributed by atoms with van der Waals surface area (Å²) in [6.07, 6.45) is 9.56. The van der Waals surface area contributed by atoms with E-state index in [1.54, 1.807) is 6.20 Å². The molecule has 140 valence electrons. The minimum absolute atomic E-state index is 0. The van der Waals surface area contributed by atoms with E-state index < -0.39 is 0 Å². The highest BCUT2D eigenvalue weighted by atomic mass is 35.5. The summed E-state index contributed by atoms with van der Waals surface area (Å²) in [6, 6.07) is 12.5. The van der Waals surface area contributed by atoms with E-state index in [9.17, 15) is 0 Å². The summed E-state index contributed by atoms with van der Waals surface area (Å²) >= 11 is 0. The van der Waals surface area contributed by atoms with Gasteiger partial charge in [0.25, 0.3) is 0 Å². The molecule has 5 heteroatoms. The van der Waals surface area contributed by atoms with Crippen LogP contribution in [0, 0.1) is 0 Å². The van der Waals surface area contributed by atoms with Crippen LogP contribution < -0.4 is 10.5 Å². The Balaban J connectivity index is 0.00000288. The second-order valence-corrected chi connectivity index (χ2v) is 5.98. The van der Waals surface area contributed by atoms with Crippen LogP contribution in [-0.4, -0.2) is 18.1 Å². The van der Waals surface area contributed by atoms with E-state index in [0.29, 0.717) is 12.5 Å². The Hall–Kier alpha value is -1.29. The summed E-state index contributed by atoms with van der Waals surface area (Å²) in [6.45, 7) is 3.65. The first kappa shape index (κ1) is 23.7. The third-order valence-corrected chi connectivity index (χ3v) is 4.11. The van der Waals surface area contributed by atoms with Gasteiger partial charge in [0.2, 0.25) is 0 Å². The van der Waals surface area contributed by atoms with Gasteiger partial charge < -0.3 is 10.5 Å². The van der Waals surface area contributed by atoms with Crippen molar-refractivity contribution in [3.05, 3.63) is 59.9 Å². The van der Waals surface area contributed by atoms with E-state index in [4.69, 9.17) is 10.5 Å². The highest BCUT2D eigenvalue weighted by Crippen LogP contribution is 2.21. The topological polar surface area (TPSA) is 48.1 Å². The van der Waals surface area contributed by atoms with E-state index in [1.807, 2.05) is 12.3 Å². The van der Waals surface area contributed by atoms with Crippen molar-refractivity contribution in [2.45, 2.75) is 44.9 Å². The van der Waals surface area contributed by atoms with Crippen LogP contribution in [0.3, 0.4) is 0 Å². The lowest BCUT2D eigenvalue weighted by Crippen LogP contribution is -2.15. The highest BCUT2D eigenvalue weighted by molar-refractivity contribution is 5.85. The predicted molar refractivity (Wildman–Crippen MR) is 110 cm³/mol. The molecule has 0 aliphatic carbocycles.